The second-order valence-corrected chi connectivity index (χ2v) is 7.34. The predicted molar refractivity (Wildman–Crippen MR) is 97.0 cm³/mol. The molecule has 6 nitrogen and oxygen atoms in total. The minimum Gasteiger partial charge on any atom is -0.396 e. The summed E-state index contributed by atoms with van der Waals surface area (Å²) in [6, 6.07) is 2.39. The minimum absolute atomic E-state index is 0.241. The van der Waals surface area contributed by atoms with Crippen LogP contribution in [0.2, 0.25) is 0 Å². The molecular weight excluding hydrogens is 302 g/mol. The van der Waals surface area contributed by atoms with Crippen molar-refractivity contribution in [2.75, 3.05) is 43.4 Å². The molecule has 1 saturated carbocycles. The maximum Gasteiger partial charge on any atom is 0.222 e. The second kappa shape index (κ2) is 8.12. The number of nitrogens with two attached hydrogens (primary N) is 1. The first-order valence-electron chi connectivity index (χ1n) is 9.36. The Kier molecular flexibility index (Phi) is 5.89. The van der Waals surface area contributed by atoms with Crippen LogP contribution in [0.15, 0.2) is 6.07 Å². The van der Waals surface area contributed by atoms with Gasteiger partial charge in [-0.1, -0.05) is 19.3 Å². The number of aromatic nitrogens is 2. The van der Waals surface area contributed by atoms with E-state index in [4.69, 9.17) is 5.73 Å². The van der Waals surface area contributed by atoms with Gasteiger partial charge < -0.3 is 15.7 Å². The summed E-state index contributed by atoms with van der Waals surface area (Å²) in [6.45, 7) is 6.28. The summed E-state index contributed by atoms with van der Waals surface area (Å²) in [5.74, 6) is 2.09. The van der Waals surface area contributed by atoms with Gasteiger partial charge in [0.05, 0.1) is 0 Å². The van der Waals surface area contributed by atoms with Crippen molar-refractivity contribution < 1.29 is 5.11 Å². The van der Waals surface area contributed by atoms with Gasteiger partial charge in [-0.05, 0) is 32.1 Å². The average Bonchev–Trinajstić information content (AvgIpc) is 2.57. The lowest BCUT2D eigenvalue weighted by atomic mass is 9.88. The van der Waals surface area contributed by atoms with Crippen LogP contribution in [0, 0.1) is 12.8 Å². The highest BCUT2D eigenvalue weighted by atomic mass is 16.3. The number of nitrogens with zero attached hydrogens (tertiary/aromatic N) is 4. The monoisotopic (exact) mass is 333 g/mol. The third kappa shape index (κ3) is 4.36. The van der Waals surface area contributed by atoms with Crippen LogP contribution in [-0.2, 0) is 0 Å². The highest BCUT2D eigenvalue weighted by molar-refractivity contribution is 5.44. The van der Waals surface area contributed by atoms with Gasteiger partial charge in [0.15, 0.2) is 0 Å². The van der Waals surface area contributed by atoms with E-state index in [1.54, 1.807) is 0 Å². The Bertz CT molecular complexity index is 512. The Morgan fingerprint density at radius 3 is 2.71 bits per heavy atom. The summed E-state index contributed by atoms with van der Waals surface area (Å²) in [4.78, 5) is 13.5. The number of hydrogen-bond acceptors (Lipinski definition) is 6. The van der Waals surface area contributed by atoms with Crippen molar-refractivity contribution in [3.05, 3.63) is 11.8 Å². The number of aliphatic hydroxyl groups is 1. The van der Waals surface area contributed by atoms with Crippen molar-refractivity contribution in [2.24, 2.45) is 5.92 Å². The van der Waals surface area contributed by atoms with Gasteiger partial charge in [-0.3, -0.25) is 4.90 Å². The quantitative estimate of drug-likeness (QED) is 0.856. The number of hydrogen-bond donors (Lipinski definition) is 2. The molecule has 0 radical (unpaired) electrons. The van der Waals surface area contributed by atoms with Crippen LogP contribution < -0.4 is 10.6 Å². The van der Waals surface area contributed by atoms with Crippen LogP contribution in [0.4, 0.5) is 11.8 Å². The van der Waals surface area contributed by atoms with Gasteiger partial charge in [0, 0.05) is 50.6 Å². The zero-order valence-corrected chi connectivity index (χ0v) is 14.8. The van der Waals surface area contributed by atoms with Crippen molar-refractivity contribution in [3.8, 4) is 0 Å². The smallest absolute Gasteiger partial charge is 0.222 e. The van der Waals surface area contributed by atoms with E-state index in [1.165, 1.54) is 38.6 Å². The Hall–Kier alpha value is -1.40. The molecule has 3 N–H and O–H groups in total. The third-order valence-corrected chi connectivity index (χ3v) is 5.47. The van der Waals surface area contributed by atoms with Gasteiger partial charge in [0.2, 0.25) is 5.95 Å². The van der Waals surface area contributed by atoms with Gasteiger partial charge in [0.1, 0.15) is 5.82 Å². The maximum atomic E-state index is 9.50. The summed E-state index contributed by atoms with van der Waals surface area (Å²) in [6.07, 6.45) is 7.73. The van der Waals surface area contributed by atoms with Crippen LogP contribution in [0.3, 0.4) is 0 Å². The maximum absolute atomic E-state index is 9.50. The molecule has 134 valence electrons. The fraction of sp³-hybridized carbons (Fsp3) is 0.778. The molecular formula is C18H31N5O. The van der Waals surface area contributed by atoms with Crippen molar-refractivity contribution in [2.45, 2.75) is 51.5 Å². The van der Waals surface area contributed by atoms with Gasteiger partial charge in [0.25, 0.3) is 0 Å². The van der Waals surface area contributed by atoms with Crippen molar-refractivity contribution in [1.82, 2.24) is 14.9 Å². The molecule has 0 unspecified atom stereocenters. The number of aliphatic hydroxyl groups excluding tert-OH is 1. The first-order chi connectivity index (χ1) is 11.7. The zero-order valence-electron chi connectivity index (χ0n) is 14.8. The molecule has 0 aromatic carbocycles. The fourth-order valence-corrected chi connectivity index (χ4v) is 4.20. The van der Waals surface area contributed by atoms with Crippen LogP contribution in [0.1, 0.15) is 44.2 Å². The lowest BCUT2D eigenvalue weighted by Gasteiger charge is -2.43. The first-order valence-corrected chi connectivity index (χ1v) is 9.36. The molecule has 1 aromatic heterocycles. The topological polar surface area (TPSA) is 78.5 Å². The predicted octanol–water partition coefficient (Wildman–Crippen LogP) is 1.82. The van der Waals surface area contributed by atoms with E-state index in [-0.39, 0.29) is 6.61 Å². The normalized spacial score (nSPS) is 23.6. The van der Waals surface area contributed by atoms with E-state index in [1.807, 2.05) is 13.0 Å². The molecule has 2 fully saturated rings. The highest BCUT2D eigenvalue weighted by Crippen LogP contribution is 2.27. The number of rotatable bonds is 5. The van der Waals surface area contributed by atoms with Crippen LogP contribution in [0.5, 0.6) is 0 Å². The molecule has 0 bridgehead atoms. The van der Waals surface area contributed by atoms with Gasteiger partial charge in [-0.2, -0.15) is 4.98 Å². The molecule has 1 saturated heterocycles. The van der Waals surface area contributed by atoms with E-state index in [9.17, 15) is 5.11 Å². The number of nitrogen functional groups attached to an aromatic ring is 1. The van der Waals surface area contributed by atoms with Crippen LogP contribution in [-0.4, -0.2) is 58.8 Å². The zero-order chi connectivity index (χ0) is 16.9. The summed E-state index contributed by atoms with van der Waals surface area (Å²) in [5.41, 5.74) is 6.71. The summed E-state index contributed by atoms with van der Waals surface area (Å²) in [5, 5.41) is 9.50. The molecule has 1 aliphatic carbocycles. The Balaban J connectivity index is 1.65. The lowest BCUT2D eigenvalue weighted by molar-refractivity contribution is 0.112. The van der Waals surface area contributed by atoms with Crippen molar-refractivity contribution >= 4 is 11.8 Å². The van der Waals surface area contributed by atoms with Crippen LogP contribution in [0.25, 0.3) is 0 Å². The van der Waals surface area contributed by atoms with E-state index in [0.29, 0.717) is 12.0 Å². The third-order valence-electron chi connectivity index (χ3n) is 5.47. The van der Waals surface area contributed by atoms with Crippen LogP contribution >= 0.6 is 0 Å². The standard InChI is InChI=1S/C18H31N5O/c1-14-11-17(21-18(19)20-14)23-9-8-22(16(13-23)7-10-24)12-15-5-3-2-4-6-15/h11,15-16,24H,2-10,12-13H2,1H3,(H2,19,20,21)/t16-/m0/s1. The molecule has 3 rings (SSSR count). The molecule has 2 heterocycles. The molecule has 24 heavy (non-hydrogen) atoms. The molecule has 6 heteroatoms. The molecule has 1 atom stereocenters. The van der Waals surface area contributed by atoms with E-state index >= 15 is 0 Å². The molecule has 2 aliphatic rings. The summed E-state index contributed by atoms with van der Waals surface area (Å²) < 4.78 is 0. The van der Waals surface area contributed by atoms with E-state index in [2.05, 4.69) is 19.8 Å². The summed E-state index contributed by atoms with van der Waals surface area (Å²) >= 11 is 0. The SMILES string of the molecule is Cc1cc(N2CCN(CC3CCCCC3)[C@@H](CCO)C2)nc(N)n1. The van der Waals surface area contributed by atoms with Gasteiger partial charge >= 0.3 is 0 Å². The lowest BCUT2D eigenvalue weighted by Crippen LogP contribution is -2.55. The summed E-state index contributed by atoms with van der Waals surface area (Å²) in [7, 11) is 0. The first kappa shape index (κ1) is 17.4. The number of aryl methyl sites for hydroxylation is 1. The van der Waals surface area contributed by atoms with Gasteiger partial charge in [-0.15, -0.1) is 0 Å². The number of piperazine rings is 1. The Morgan fingerprint density at radius 1 is 1.21 bits per heavy atom. The molecule has 1 aromatic rings. The Labute approximate surface area is 145 Å². The van der Waals surface area contributed by atoms with Gasteiger partial charge in [-0.25, -0.2) is 4.98 Å². The molecule has 0 amide bonds. The largest absolute Gasteiger partial charge is 0.396 e. The van der Waals surface area contributed by atoms with Crippen molar-refractivity contribution in [3.63, 3.8) is 0 Å². The van der Waals surface area contributed by atoms with E-state index in [0.717, 1.165) is 43.5 Å². The Morgan fingerprint density at radius 2 is 2.00 bits per heavy atom. The minimum atomic E-state index is 0.241. The molecule has 0 spiro atoms. The average molecular weight is 333 g/mol. The molecule has 1 aliphatic heterocycles. The van der Waals surface area contributed by atoms with E-state index < -0.39 is 0 Å². The highest BCUT2D eigenvalue weighted by Gasteiger charge is 2.29. The second-order valence-electron chi connectivity index (χ2n) is 7.34. The van der Waals surface area contributed by atoms with Crippen molar-refractivity contribution in [1.29, 1.82) is 0 Å². The number of anilines is 2. The fourth-order valence-electron chi connectivity index (χ4n) is 4.20.